The first-order chi connectivity index (χ1) is 11.2. The number of anilines is 1. The summed E-state index contributed by atoms with van der Waals surface area (Å²) in [7, 11) is 3.47. The van der Waals surface area contributed by atoms with Crippen molar-refractivity contribution in [1.29, 1.82) is 0 Å². The molecule has 2 aromatic rings. The maximum atomic E-state index is 11.8. The summed E-state index contributed by atoms with van der Waals surface area (Å²) >= 11 is 0. The number of rotatable bonds is 5. The van der Waals surface area contributed by atoms with Gasteiger partial charge in [-0.05, 0) is 29.7 Å². The molecule has 0 saturated carbocycles. The summed E-state index contributed by atoms with van der Waals surface area (Å²) in [5.41, 5.74) is 1.90. The van der Waals surface area contributed by atoms with E-state index in [9.17, 15) is 20.0 Å². The van der Waals surface area contributed by atoms with E-state index in [0.717, 1.165) is 5.69 Å². The normalized spacial score (nSPS) is 10.7. The highest BCUT2D eigenvalue weighted by Gasteiger charge is 2.22. The molecule has 1 N–H and O–H groups in total. The zero-order chi connectivity index (χ0) is 18.0. The fourth-order valence-electron chi connectivity index (χ4n) is 2.37. The lowest BCUT2D eigenvalue weighted by Gasteiger charge is -2.20. The summed E-state index contributed by atoms with van der Waals surface area (Å²) in [6.45, 7) is 3.95. The number of carboxylic acid groups (broad SMARTS) is 1. The third kappa shape index (κ3) is 3.34. The number of carbonyl (C=O) groups is 1. The maximum Gasteiger partial charge on any atom is 0.340 e. The van der Waals surface area contributed by atoms with E-state index in [4.69, 9.17) is 0 Å². The van der Waals surface area contributed by atoms with Crippen LogP contribution in [0.4, 0.5) is 11.5 Å². The fraction of sp³-hybridized carbons (Fsp3) is 0.294. The monoisotopic (exact) mass is 329 g/mol. The average molecular weight is 329 g/mol. The van der Waals surface area contributed by atoms with Gasteiger partial charge in [0, 0.05) is 37.5 Å². The smallest absolute Gasteiger partial charge is 0.340 e. The van der Waals surface area contributed by atoms with Gasteiger partial charge in [0.15, 0.2) is 0 Å². The molecular weight excluding hydrogens is 310 g/mol. The molecule has 0 aliphatic heterocycles. The predicted octanol–water partition coefficient (Wildman–Crippen LogP) is 3.54. The van der Waals surface area contributed by atoms with E-state index >= 15 is 0 Å². The van der Waals surface area contributed by atoms with E-state index in [0.29, 0.717) is 16.9 Å². The minimum atomic E-state index is -1.09. The number of non-ortho nitro benzene ring substituents is 1. The van der Waals surface area contributed by atoms with Gasteiger partial charge in [-0.25, -0.2) is 9.78 Å². The average Bonchev–Trinajstić information content (AvgIpc) is 2.53. The number of nitrogens with zero attached hydrogens (tertiary/aromatic N) is 3. The quantitative estimate of drug-likeness (QED) is 0.665. The molecule has 1 aromatic carbocycles. The van der Waals surface area contributed by atoms with Crippen LogP contribution in [0.1, 0.15) is 35.8 Å². The third-order valence-electron chi connectivity index (χ3n) is 3.64. The standard InChI is InChI=1S/C17H19N3O4/c1-10(2)14-9-13(11-5-7-12(8-6-11)20(23)24)15(17(21)22)16(18-14)19(3)4/h5-10H,1-4H3,(H,21,22). The lowest BCUT2D eigenvalue weighted by atomic mass is 9.96. The second-order valence-electron chi connectivity index (χ2n) is 5.95. The minimum absolute atomic E-state index is 0.0402. The Morgan fingerprint density at radius 1 is 1.25 bits per heavy atom. The van der Waals surface area contributed by atoms with Gasteiger partial charge in [-0.2, -0.15) is 0 Å². The van der Waals surface area contributed by atoms with Crippen molar-refractivity contribution in [3.05, 3.63) is 51.7 Å². The Morgan fingerprint density at radius 2 is 1.83 bits per heavy atom. The van der Waals surface area contributed by atoms with Crippen molar-refractivity contribution >= 4 is 17.5 Å². The van der Waals surface area contributed by atoms with E-state index in [2.05, 4.69) is 4.98 Å². The number of pyridine rings is 1. The van der Waals surface area contributed by atoms with Crippen molar-refractivity contribution in [2.45, 2.75) is 19.8 Å². The van der Waals surface area contributed by atoms with Gasteiger partial charge in [-0.15, -0.1) is 0 Å². The largest absolute Gasteiger partial charge is 0.478 e. The van der Waals surface area contributed by atoms with Crippen LogP contribution in [0, 0.1) is 10.1 Å². The van der Waals surface area contributed by atoms with E-state index in [1.165, 1.54) is 12.1 Å². The second-order valence-corrected chi connectivity index (χ2v) is 5.95. The molecule has 0 aliphatic rings. The summed E-state index contributed by atoms with van der Waals surface area (Å²) in [6.07, 6.45) is 0. The number of nitro groups is 1. The molecule has 0 spiro atoms. The topological polar surface area (TPSA) is 96.6 Å². The first kappa shape index (κ1) is 17.4. The number of hydrogen-bond donors (Lipinski definition) is 1. The van der Waals surface area contributed by atoms with Crippen molar-refractivity contribution in [2.24, 2.45) is 0 Å². The molecule has 1 aromatic heterocycles. The molecular formula is C17H19N3O4. The minimum Gasteiger partial charge on any atom is -0.478 e. The molecule has 7 heteroatoms. The van der Waals surface area contributed by atoms with Crippen molar-refractivity contribution in [1.82, 2.24) is 4.98 Å². The molecule has 0 saturated heterocycles. The Morgan fingerprint density at radius 3 is 2.25 bits per heavy atom. The second kappa shape index (κ2) is 6.66. The highest BCUT2D eigenvalue weighted by Crippen LogP contribution is 2.33. The molecule has 24 heavy (non-hydrogen) atoms. The Balaban J connectivity index is 2.74. The van der Waals surface area contributed by atoms with Gasteiger partial charge in [-0.1, -0.05) is 13.8 Å². The van der Waals surface area contributed by atoms with Crippen LogP contribution < -0.4 is 4.90 Å². The van der Waals surface area contributed by atoms with Crippen LogP contribution in [-0.4, -0.2) is 35.1 Å². The van der Waals surface area contributed by atoms with Crippen LogP contribution in [0.5, 0.6) is 0 Å². The lowest BCUT2D eigenvalue weighted by molar-refractivity contribution is -0.384. The number of nitro benzene ring substituents is 1. The van der Waals surface area contributed by atoms with Gasteiger partial charge < -0.3 is 10.0 Å². The number of aromatic nitrogens is 1. The highest BCUT2D eigenvalue weighted by molar-refractivity contribution is 6.01. The summed E-state index contributed by atoms with van der Waals surface area (Å²) in [6, 6.07) is 7.59. The van der Waals surface area contributed by atoms with Crippen LogP contribution >= 0.6 is 0 Å². The number of carboxylic acids is 1. The van der Waals surface area contributed by atoms with Gasteiger partial charge >= 0.3 is 5.97 Å². The molecule has 0 radical (unpaired) electrons. The first-order valence-electron chi connectivity index (χ1n) is 7.42. The zero-order valence-corrected chi connectivity index (χ0v) is 14.0. The molecule has 0 aliphatic carbocycles. The van der Waals surface area contributed by atoms with Gasteiger partial charge in [0.1, 0.15) is 11.4 Å². The van der Waals surface area contributed by atoms with Crippen LogP contribution in [0.2, 0.25) is 0 Å². The van der Waals surface area contributed by atoms with Crippen molar-refractivity contribution in [2.75, 3.05) is 19.0 Å². The Bertz CT molecular complexity index is 783. The van der Waals surface area contributed by atoms with Gasteiger partial charge in [0.05, 0.1) is 4.92 Å². The van der Waals surface area contributed by atoms with Crippen LogP contribution in [0.25, 0.3) is 11.1 Å². The lowest BCUT2D eigenvalue weighted by Crippen LogP contribution is -2.18. The molecule has 0 unspecified atom stereocenters. The van der Waals surface area contributed by atoms with Crippen LogP contribution in [-0.2, 0) is 0 Å². The summed E-state index contributed by atoms with van der Waals surface area (Å²) in [5, 5.41) is 20.5. The number of aromatic carboxylic acids is 1. The summed E-state index contributed by atoms with van der Waals surface area (Å²) in [4.78, 5) is 28.2. The Labute approximate surface area is 139 Å². The SMILES string of the molecule is CC(C)c1cc(-c2ccc([N+](=O)[O-])cc2)c(C(=O)O)c(N(C)C)n1. The molecule has 2 rings (SSSR count). The molecule has 1 heterocycles. The van der Waals surface area contributed by atoms with Crippen molar-refractivity contribution < 1.29 is 14.8 Å². The summed E-state index contributed by atoms with van der Waals surface area (Å²) < 4.78 is 0. The van der Waals surface area contributed by atoms with E-state index < -0.39 is 10.9 Å². The number of benzene rings is 1. The third-order valence-corrected chi connectivity index (χ3v) is 3.64. The molecule has 0 fully saturated rings. The molecule has 7 nitrogen and oxygen atoms in total. The Hall–Kier alpha value is -2.96. The van der Waals surface area contributed by atoms with E-state index in [-0.39, 0.29) is 17.2 Å². The predicted molar refractivity (Wildman–Crippen MR) is 91.7 cm³/mol. The fourth-order valence-corrected chi connectivity index (χ4v) is 2.37. The molecule has 126 valence electrons. The van der Waals surface area contributed by atoms with Crippen molar-refractivity contribution in [3.8, 4) is 11.1 Å². The summed E-state index contributed by atoms with van der Waals surface area (Å²) in [5.74, 6) is -0.611. The Kier molecular flexibility index (Phi) is 4.82. The number of hydrogen-bond acceptors (Lipinski definition) is 5. The van der Waals surface area contributed by atoms with Gasteiger partial charge in [0.25, 0.3) is 5.69 Å². The zero-order valence-electron chi connectivity index (χ0n) is 14.0. The van der Waals surface area contributed by atoms with Crippen molar-refractivity contribution in [3.63, 3.8) is 0 Å². The van der Waals surface area contributed by atoms with E-state index in [1.54, 1.807) is 37.2 Å². The molecule has 0 atom stereocenters. The highest BCUT2D eigenvalue weighted by atomic mass is 16.6. The maximum absolute atomic E-state index is 11.8. The van der Waals surface area contributed by atoms with Gasteiger partial charge in [-0.3, -0.25) is 10.1 Å². The van der Waals surface area contributed by atoms with E-state index in [1.807, 2.05) is 13.8 Å². The molecule has 0 amide bonds. The van der Waals surface area contributed by atoms with Crippen LogP contribution in [0.15, 0.2) is 30.3 Å². The van der Waals surface area contributed by atoms with Gasteiger partial charge in [0.2, 0.25) is 0 Å². The van der Waals surface area contributed by atoms with Crippen LogP contribution in [0.3, 0.4) is 0 Å². The molecule has 0 bridgehead atoms. The first-order valence-corrected chi connectivity index (χ1v) is 7.42.